The zero-order valence-electron chi connectivity index (χ0n) is 14.7. The van der Waals surface area contributed by atoms with Gasteiger partial charge < -0.3 is 9.47 Å². The molecule has 2 rings (SSSR count). The summed E-state index contributed by atoms with van der Waals surface area (Å²) in [6.45, 7) is 10.8. The van der Waals surface area contributed by atoms with Gasteiger partial charge in [-0.05, 0) is 40.7 Å². The summed E-state index contributed by atoms with van der Waals surface area (Å²) in [6, 6.07) is 3.35. The summed E-state index contributed by atoms with van der Waals surface area (Å²) < 4.78 is 11.1. The number of amides is 1. The van der Waals surface area contributed by atoms with Crippen LogP contribution in [0.4, 0.5) is 5.13 Å². The van der Waals surface area contributed by atoms with Gasteiger partial charge in [-0.2, -0.15) is 0 Å². The van der Waals surface area contributed by atoms with E-state index in [9.17, 15) is 4.79 Å². The van der Waals surface area contributed by atoms with E-state index in [2.05, 4.69) is 15.3 Å². The first-order valence-electron chi connectivity index (χ1n) is 7.73. The first kappa shape index (κ1) is 18.4. The number of nitrogens with one attached hydrogen (secondary N) is 1. The van der Waals surface area contributed by atoms with E-state index in [0.717, 1.165) is 10.6 Å². The number of aromatic nitrogens is 2. The molecule has 0 spiro atoms. The Hall–Kier alpha value is -1.99. The van der Waals surface area contributed by atoms with Crippen molar-refractivity contribution in [1.82, 2.24) is 9.97 Å². The van der Waals surface area contributed by atoms with Crippen molar-refractivity contribution < 1.29 is 14.3 Å². The number of hydrogen-bond acceptors (Lipinski definition) is 6. The Kier molecular flexibility index (Phi) is 5.90. The van der Waals surface area contributed by atoms with Gasteiger partial charge in [-0.3, -0.25) is 10.1 Å². The van der Waals surface area contributed by atoms with Crippen LogP contribution in [0.5, 0.6) is 5.88 Å². The van der Waals surface area contributed by atoms with Crippen LogP contribution >= 0.6 is 11.3 Å². The first-order chi connectivity index (χ1) is 11.2. The molecular formula is C17H23N3O3S. The fourth-order valence-electron chi connectivity index (χ4n) is 1.79. The predicted octanol–water partition coefficient (Wildman–Crippen LogP) is 3.60. The van der Waals surface area contributed by atoms with E-state index in [1.54, 1.807) is 12.1 Å². The molecule has 0 radical (unpaired) electrons. The van der Waals surface area contributed by atoms with E-state index in [4.69, 9.17) is 9.47 Å². The van der Waals surface area contributed by atoms with Crippen molar-refractivity contribution in [2.75, 3.05) is 18.5 Å². The van der Waals surface area contributed by atoms with Gasteiger partial charge in [0.1, 0.15) is 6.61 Å². The molecule has 2 aromatic heterocycles. The van der Waals surface area contributed by atoms with Crippen LogP contribution in [-0.2, 0) is 4.74 Å². The Balaban J connectivity index is 1.85. The highest BCUT2D eigenvalue weighted by Crippen LogP contribution is 2.21. The van der Waals surface area contributed by atoms with Crippen molar-refractivity contribution in [3.05, 3.63) is 34.5 Å². The van der Waals surface area contributed by atoms with Crippen LogP contribution in [0.25, 0.3) is 0 Å². The SMILES string of the molecule is Cc1nc(NC(=O)c2ccc(OCCOC(C)(C)C)nc2)sc1C. The summed E-state index contributed by atoms with van der Waals surface area (Å²) in [5.41, 5.74) is 1.19. The molecular weight excluding hydrogens is 326 g/mol. The van der Waals surface area contributed by atoms with E-state index < -0.39 is 0 Å². The number of pyridine rings is 1. The normalized spacial score (nSPS) is 11.4. The van der Waals surface area contributed by atoms with Gasteiger partial charge >= 0.3 is 0 Å². The van der Waals surface area contributed by atoms with Crippen LogP contribution in [0.15, 0.2) is 18.3 Å². The van der Waals surface area contributed by atoms with Crippen molar-refractivity contribution in [2.24, 2.45) is 0 Å². The Morgan fingerprint density at radius 3 is 2.54 bits per heavy atom. The monoisotopic (exact) mass is 349 g/mol. The smallest absolute Gasteiger partial charge is 0.259 e. The summed E-state index contributed by atoms with van der Waals surface area (Å²) in [4.78, 5) is 21.7. The summed E-state index contributed by atoms with van der Waals surface area (Å²) in [5.74, 6) is 0.226. The number of rotatable bonds is 6. The lowest BCUT2D eigenvalue weighted by Crippen LogP contribution is -2.22. The largest absolute Gasteiger partial charge is 0.475 e. The second-order valence-corrected chi connectivity index (χ2v) is 7.51. The molecule has 1 amide bonds. The lowest BCUT2D eigenvalue weighted by atomic mass is 10.2. The molecule has 2 heterocycles. The van der Waals surface area contributed by atoms with E-state index in [1.807, 2.05) is 34.6 Å². The maximum atomic E-state index is 12.2. The van der Waals surface area contributed by atoms with Crippen LogP contribution in [0.2, 0.25) is 0 Å². The fraction of sp³-hybridized carbons (Fsp3) is 0.471. The van der Waals surface area contributed by atoms with Gasteiger partial charge in [-0.15, -0.1) is 11.3 Å². The van der Waals surface area contributed by atoms with Crippen LogP contribution < -0.4 is 10.1 Å². The number of anilines is 1. The number of aryl methyl sites for hydroxylation is 2. The molecule has 0 aliphatic rings. The molecule has 24 heavy (non-hydrogen) atoms. The highest BCUT2D eigenvalue weighted by Gasteiger charge is 2.12. The lowest BCUT2D eigenvalue weighted by Gasteiger charge is -2.19. The van der Waals surface area contributed by atoms with E-state index in [1.165, 1.54) is 17.5 Å². The molecule has 2 aromatic rings. The first-order valence-corrected chi connectivity index (χ1v) is 8.54. The molecule has 130 valence electrons. The molecule has 0 aliphatic heterocycles. The molecule has 0 saturated carbocycles. The topological polar surface area (TPSA) is 73.3 Å². The van der Waals surface area contributed by atoms with Crippen molar-refractivity contribution >= 4 is 22.4 Å². The lowest BCUT2D eigenvalue weighted by molar-refractivity contribution is -0.0168. The third kappa shape index (κ3) is 5.58. The number of nitrogens with zero attached hydrogens (tertiary/aromatic N) is 2. The molecule has 0 bridgehead atoms. The highest BCUT2D eigenvalue weighted by molar-refractivity contribution is 7.15. The zero-order valence-corrected chi connectivity index (χ0v) is 15.5. The van der Waals surface area contributed by atoms with E-state index >= 15 is 0 Å². The second-order valence-electron chi connectivity index (χ2n) is 6.31. The van der Waals surface area contributed by atoms with Gasteiger partial charge in [0.2, 0.25) is 5.88 Å². The molecule has 0 unspecified atom stereocenters. The Labute approximate surface area is 146 Å². The third-order valence-electron chi connectivity index (χ3n) is 3.12. The highest BCUT2D eigenvalue weighted by atomic mass is 32.1. The second kappa shape index (κ2) is 7.72. The van der Waals surface area contributed by atoms with Crippen molar-refractivity contribution in [1.29, 1.82) is 0 Å². The van der Waals surface area contributed by atoms with Crippen LogP contribution in [-0.4, -0.2) is 34.7 Å². The number of carbonyl (C=O) groups excluding carboxylic acids is 1. The molecule has 0 aliphatic carbocycles. The standard InChI is InChI=1S/C17H23N3O3S/c1-11-12(2)24-16(19-11)20-15(21)13-6-7-14(18-10-13)22-8-9-23-17(3,4)5/h6-7,10H,8-9H2,1-5H3,(H,19,20,21). The molecule has 0 atom stereocenters. The third-order valence-corrected chi connectivity index (χ3v) is 4.10. The summed E-state index contributed by atoms with van der Waals surface area (Å²) >= 11 is 1.45. The quantitative estimate of drug-likeness (QED) is 0.807. The fourth-order valence-corrected chi connectivity index (χ4v) is 2.60. The van der Waals surface area contributed by atoms with Crippen molar-refractivity contribution in [3.8, 4) is 5.88 Å². The summed E-state index contributed by atoms with van der Waals surface area (Å²) in [7, 11) is 0. The van der Waals surface area contributed by atoms with Gasteiger partial charge in [-0.1, -0.05) is 0 Å². The molecule has 7 heteroatoms. The molecule has 1 N–H and O–H groups in total. The summed E-state index contributed by atoms with van der Waals surface area (Å²) in [6.07, 6.45) is 1.49. The molecule has 0 saturated heterocycles. The zero-order chi connectivity index (χ0) is 17.7. The van der Waals surface area contributed by atoms with E-state index in [-0.39, 0.29) is 11.5 Å². The maximum Gasteiger partial charge on any atom is 0.259 e. The van der Waals surface area contributed by atoms with Gasteiger partial charge in [0.25, 0.3) is 5.91 Å². The summed E-state index contributed by atoms with van der Waals surface area (Å²) in [5, 5.41) is 3.37. The minimum absolute atomic E-state index is 0.189. The minimum atomic E-state index is -0.237. The average molecular weight is 349 g/mol. The predicted molar refractivity (Wildman–Crippen MR) is 95.0 cm³/mol. The van der Waals surface area contributed by atoms with Crippen molar-refractivity contribution in [2.45, 2.75) is 40.2 Å². The van der Waals surface area contributed by atoms with Crippen LogP contribution in [0, 0.1) is 13.8 Å². The Bertz CT molecular complexity index is 671. The van der Waals surface area contributed by atoms with Crippen molar-refractivity contribution in [3.63, 3.8) is 0 Å². The molecule has 0 fully saturated rings. The van der Waals surface area contributed by atoms with Gasteiger partial charge in [0, 0.05) is 17.1 Å². The number of carbonyl (C=O) groups is 1. The molecule has 6 nitrogen and oxygen atoms in total. The number of ether oxygens (including phenoxy) is 2. The minimum Gasteiger partial charge on any atom is -0.475 e. The Morgan fingerprint density at radius 1 is 1.25 bits per heavy atom. The number of hydrogen-bond donors (Lipinski definition) is 1. The van der Waals surface area contributed by atoms with Gasteiger partial charge in [-0.25, -0.2) is 9.97 Å². The van der Waals surface area contributed by atoms with Gasteiger partial charge in [0.15, 0.2) is 5.13 Å². The van der Waals surface area contributed by atoms with Gasteiger partial charge in [0.05, 0.1) is 23.5 Å². The maximum absolute atomic E-state index is 12.2. The Morgan fingerprint density at radius 2 is 2.00 bits per heavy atom. The average Bonchev–Trinajstić information content (AvgIpc) is 2.81. The van der Waals surface area contributed by atoms with Crippen LogP contribution in [0.1, 0.15) is 41.7 Å². The number of thiazole rings is 1. The van der Waals surface area contributed by atoms with Crippen LogP contribution in [0.3, 0.4) is 0 Å². The van der Waals surface area contributed by atoms with E-state index in [0.29, 0.717) is 29.8 Å². The molecule has 0 aromatic carbocycles.